The molecule has 41 heavy (non-hydrogen) atoms. The van der Waals surface area contributed by atoms with Crippen molar-refractivity contribution in [1.82, 2.24) is 0 Å². The lowest BCUT2D eigenvalue weighted by molar-refractivity contribution is -0.278. The van der Waals surface area contributed by atoms with Crippen molar-refractivity contribution in [1.29, 1.82) is 0 Å². The van der Waals surface area contributed by atoms with Gasteiger partial charge in [-0.1, -0.05) is 60.7 Å². The van der Waals surface area contributed by atoms with Crippen LogP contribution in [0, 0.1) is 0 Å². The molecule has 6 nitrogen and oxygen atoms in total. The van der Waals surface area contributed by atoms with Gasteiger partial charge in [-0.05, 0) is 61.1 Å². The number of ether oxygens (including phenoxy) is 5. The van der Waals surface area contributed by atoms with Crippen molar-refractivity contribution < 1.29 is 41.7 Å². The number of esters is 1. The van der Waals surface area contributed by atoms with Crippen LogP contribution in [0.2, 0.25) is 0 Å². The molecule has 0 aliphatic heterocycles. The Morgan fingerprint density at radius 1 is 0.829 bits per heavy atom. The van der Waals surface area contributed by atoms with E-state index in [1.165, 1.54) is 38.5 Å². The quantitative estimate of drug-likeness (QED) is 0.191. The van der Waals surface area contributed by atoms with Crippen molar-refractivity contribution >= 4 is 12.0 Å². The highest BCUT2D eigenvalue weighted by molar-refractivity contribution is 5.82. The molecule has 220 valence electrons. The van der Waals surface area contributed by atoms with Crippen LogP contribution in [0.1, 0.15) is 36.0 Å². The summed E-state index contributed by atoms with van der Waals surface area (Å²) in [6.07, 6.45) is -0.609. The topological polar surface area (TPSA) is 63.2 Å². The molecule has 2 atom stereocenters. The number of benzene rings is 3. The summed E-state index contributed by atoms with van der Waals surface area (Å²) in [5, 5.41) is 0. The van der Waals surface area contributed by atoms with Gasteiger partial charge in [0.25, 0.3) is 5.60 Å². The maximum absolute atomic E-state index is 14.4. The van der Waals surface area contributed by atoms with Crippen LogP contribution in [0.25, 0.3) is 6.08 Å². The first-order valence-electron chi connectivity index (χ1n) is 13.1. The van der Waals surface area contributed by atoms with Gasteiger partial charge in [-0.25, -0.2) is 4.79 Å². The lowest BCUT2D eigenvalue weighted by atomic mass is 9.92. The number of alkyl halides is 3. The monoisotopic (exact) mass is 572 g/mol. The molecule has 0 aliphatic rings. The Labute approximate surface area is 238 Å². The van der Waals surface area contributed by atoms with Crippen molar-refractivity contribution in [3.8, 4) is 17.2 Å². The van der Waals surface area contributed by atoms with Gasteiger partial charge in [-0.3, -0.25) is 0 Å². The van der Waals surface area contributed by atoms with Crippen LogP contribution in [0.4, 0.5) is 13.2 Å². The van der Waals surface area contributed by atoms with Gasteiger partial charge in [-0.15, -0.1) is 0 Å². The molecular weight excluding hydrogens is 537 g/mol. The third-order valence-corrected chi connectivity index (χ3v) is 6.73. The molecule has 0 spiro atoms. The Balaban J connectivity index is 1.82. The van der Waals surface area contributed by atoms with E-state index in [0.29, 0.717) is 30.8 Å². The van der Waals surface area contributed by atoms with E-state index >= 15 is 0 Å². The van der Waals surface area contributed by atoms with Crippen molar-refractivity contribution in [3.05, 3.63) is 95.6 Å². The van der Waals surface area contributed by atoms with Crippen molar-refractivity contribution in [2.45, 2.75) is 43.6 Å². The molecule has 0 heterocycles. The maximum atomic E-state index is 14.4. The molecule has 0 aliphatic carbocycles. The van der Waals surface area contributed by atoms with Crippen molar-refractivity contribution in [2.24, 2.45) is 0 Å². The minimum Gasteiger partial charge on any atom is -0.497 e. The first kappa shape index (κ1) is 31.5. The van der Waals surface area contributed by atoms with E-state index in [-0.39, 0.29) is 12.0 Å². The fourth-order valence-electron chi connectivity index (χ4n) is 4.46. The minimum absolute atomic E-state index is 0.282. The van der Waals surface area contributed by atoms with E-state index in [0.717, 1.165) is 24.0 Å². The number of rotatable bonds is 14. The van der Waals surface area contributed by atoms with E-state index in [9.17, 15) is 18.0 Å². The summed E-state index contributed by atoms with van der Waals surface area (Å²) in [7, 11) is 5.50. The summed E-state index contributed by atoms with van der Waals surface area (Å²) in [5.41, 5.74) is -1.81. The summed E-state index contributed by atoms with van der Waals surface area (Å²) in [6, 6.07) is 19.6. The second-order valence-corrected chi connectivity index (χ2v) is 9.26. The molecule has 0 unspecified atom stereocenters. The van der Waals surface area contributed by atoms with Gasteiger partial charge in [0.2, 0.25) is 0 Å². The van der Waals surface area contributed by atoms with Crippen LogP contribution in [-0.2, 0) is 26.3 Å². The van der Waals surface area contributed by atoms with Gasteiger partial charge in [0.05, 0.1) is 21.3 Å². The Morgan fingerprint density at radius 3 is 2.10 bits per heavy atom. The van der Waals surface area contributed by atoms with E-state index < -0.39 is 23.9 Å². The van der Waals surface area contributed by atoms with Gasteiger partial charge in [-0.2, -0.15) is 13.2 Å². The molecule has 0 bridgehead atoms. The lowest BCUT2D eigenvalue weighted by Crippen LogP contribution is -2.52. The van der Waals surface area contributed by atoms with Gasteiger partial charge < -0.3 is 23.7 Å². The zero-order valence-electron chi connectivity index (χ0n) is 23.6. The molecule has 0 fully saturated rings. The normalized spacial score (nSPS) is 13.8. The zero-order chi connectivity index (χ0) is 29.9. The van der Waals surface area contributed by atoms with E-state index in [1.54, 1.807) is 25.3 Å². The number of halogens is 3. The number of aryl methyl sites for hydroxylation is 1. The summed E-state index contributed by atoms with van der Waals surface area (Å²) in [4.78, 5) is 13.3. The van der Waals surface area contributed by atoms with E-state index in [4.69, 9.17) is 23.7 Å². The summed E-state index contributed by atoms with van der Waals surface area (Å²) in [5.74, 6) is 0.311. The molecule has 0 saturated heterocycles. The summed E-state index contributed by atoms with van der Waals surface area (Å²) in [6.45, 7) is 0. The van der Waals surface area contributed by atoms with Crippen LogP contribution in [0.5, 0.6) is 17.2 Å². The Kier molecular flexibility index (Phi) is 11.2. The average molecular weight is 573 g/mol. The fraction of sp³-hybridized carbons (Fsp3) is 0.344. The van der Waals surface area contributed by atoms with Crippen LogP contribution >= 0.6 is 0 Å². The molecule has 0 radical (unpaired) electrons. The highest BCUT2D eigenvalue weighted by Crippen LogP contribution is 2.43. The van der Waals surface area contributed by atoms with Crippen molar-refractivity contribution in [2.75, 3.05) is 28.4 Å². The molecular formula is C32H35F3O6. The molecule has 0 amide bonds. The average Bonchev–Trinajstić information content (AvgIpc) is 2.98. The molecule has 3 rings (SSSR count). The number of carbonyl (C=O) groups is 1. The van der Waals surface area contributed by atoms with Gasteiger partial charge in [0, 0.05) is 12.7 Å². The zero-order valence-corrected chi connectivity index (χ0v) is 23.6. The van der Waals surface area contributed by atoms with Crippen LogP contribution in [-0.4, -0.2) is 46.7 Å². The number of hydrogen-bond acceptors (Lipinski definition) is 6. The second kappa shape index (κ2) is 14.6. The Morgan fingerprint density at radius 2 is 1.51 bits per heavy atom. The lowest BCUT2D eigenvalue weighted by Gasteiger charge is -2.33. The summed E-state index contributed by atoms with van der Waals surface area (Å²) < 4.78 is 69.7. The van der Waals surface area contributed by atoms with E-state index in [1.807, 2.05) is 42.5 Å². The van der Waals surface area contributed by atoms with Gasteiger partial charge in [0.15, 0.2) is 11.5 Å². The largest absolute Gasteiger partial charge is 0.497 e. The number of carbonyl (C=O) groups excluding carboxylic acids is 1. The van der Waals surface area contributed by atoms with Crippen LogP contribution in [0.15, 0.2) is 78.9 Å². The molecule has 9 heteroatoms. The number of allylic oxidation sites excluding steroid dienone is 1. The summed E-state index contributed by atoms with van der Waals surface area (Å²) >= 11 is 0. The van der Waals surface area contributed by atoms with E-state index in [2.05, 4.69) is 0 Å². The fourth-order valence-corrected chi connectivity index (χ4v) is 4.46. The molecule has 3 aromatic carbocycles. The first-order valence-corrected chi connectivity index (χ1v) is 13.1. The predicted molar refractivity (Wildman–Crippen MR) is 150 cm³/mol. The first-order chi connectivity index (χ1) is 19.7. The Hall–Kier alpha value is -3.98. The SMILES string of the molecule is COc1ccc(/C=C/CC[C@@H](CCc2ccc(OC)c(OC)c2)OC(=O)[C@](OC)(c2ccccc2)C(F)(F)F)cc1. The third kappa shape index (κ3) is 7.82. The third-order valence-electron chi connectivity index (χ3n) is 6.73. The molecule has 0 N–H and O–H groups in total. The smallest absolute Gasteiger partial charge is 0.432 e. The van der Waals surface area contributed by atoms with Crippen LogP contribution in [0.3, 0.4) is 0 Å². The number of hydrogen-bond donors (Lipinski definition) is 0. The standard InChI is InChI=1S/C32H35F3O6/c1-37-26-18-14-23(15-19-26)10-8-9-13-27(20-16-24-17-21-28(38-2)29(22-24)39-3)41-30(36)31(40-4,32(33,34)35)25-11-6-5-7-12-25/h5-8,10-12,14-15,17-19,21-22,27H,9,13,16,20H2,1-4H3/b10-8+/t27-,31+/m0/s1. The van der Waals surface area contributed by atoms with Crippen LogP contribution < -0.4 is 14.2 Å². The maximum Gasteiger partial charge on any atom is 0.432 e. The predicted octanol–water partition coefficient (Wildman–Crippen LogP) is 7.15. The van der Waals surface area contributed by atoms with Crippen molar-refractivity contribution in [3.63, 3.8) is 0 Å². The van der Waals surface area contributed by atoms with Gasteiger partial charge in [0.1, 0.15) is 11.9 Å². The Bertz CT molecular complexity index is 1270. The number of methoxy groups -OCH3 is 4. The minimum atomic E-state index is -5.05. The molecule has 0 saturated carbocycles. The second-order valence-electron chi connectivity index (χ2n) is 9.26. The highest BCUT2D eigenvalue weighted by atomic mass is 19.4. The molecule has 0 aromatic heterocycles. The highest BCUT2D eigenvalue weighted by Gasteiger charge is 2.64. The van der Waals surface area contributed by atoms with Gasteiger partial charge >= 0.3 is 12.1 Å². The molecule has 3 aromatic rings.